The summed E-state index contributed by atoms with van der Waals surface area (Å²) < 4.78 is 46.1. The molecule has 5 aromatic heterocycles. The van der Waals surface area contributed by atoms with Gasteiger partial charge in [-0.2, -0.15) is 0 Å². The molecular weight excluding hydrogens is 965 g/mol. The molecule has 1 unspecified atom stereocenters. The van der Waals surface area contributed by atoms with E-state index in [2.05, 4.69) is 36.2 Å². The summed E-state index contributed by atoms with van der Waals surface area (Å²) in [5, 5.41) is 0. The van der Waals surface area contributed by atoms with Crippen LogP contribution in [0.1, 0.15) is 61.9 Å². The van der Waals surface area contributed by atoms with E-state index in [-0.39, 0.29) is 71.9 Å². The van der Waals surface area contributed by atoms with Crippen molar-refractivity contribution >= 4 is 67.9 Å². The first-order valence-electron chi connectivity index (χ1n) is 24.7. The number of likely N-dealkylation sites (tertiary alicyclic amines) is 2. The van der Waals surface area contributed by atoms with Gasteiger partial charge < -0.3 is 29.0 Å². The Kier molecular flexibility index (Phi) is 15.3. The van der Waals surface area contributed by atoms with E-state index < -0.39 is 28.1 Å². The Hall–Kier alpha value is -8.13. The fraction of sp³-hybridized carbons (Fsp3) is 0.333. The van der Waals surface area contributed by atoms with Crippen molar-refractivity contribution in [3.63, 3.8) is 0 Å². The van der Waals surface area contributed by atoms with Gasteiger partial charge in [0.05, 0.1) is 36.0 Å². The van der Waals surface area contributed by atoms with Crippen LogP contribution >= 0.6 is 0 Å². The Bertz CT molecular complexity index is 3380. The molecule has 0 aliphatic carbocycles. The monoisotopic (exact) mass is 1020 g/mol. The van der Waals surface area contributed by atoms with Gasteiger partial charge in [0.2, 0.25) is 0 Å². The fourth-order valence-corrected chi connectivity index (χ4v) is 11.0. The first kappa shape index (κ1) is 50.8. The number of ketones is 1. The summed E-state index contributed by atoms with van der Waals surface area (Å²) >= 11 is 0. The van der Waals surface area contributed by atoms with E-state index in [4.69, 9.17) is 14.2 Å². The van der Waals surface area contributed by atoms with Gasteiger partial charge >= 0.3 is 18.3 Å². The molecule has 3 aromatic carbocycles. The number of hydrogen-bond donors (Lipinski definition) is 1. The number of benzene rings is 3. The maximum atomic E-state index is 13.7. The van der Waals surface area contributed by atoms with E-state index in [1.807, 2.05) is 97.9 Å². The topological polar surface area (TPSA) is 217 Å². The lowest BCUT2D eigenvalue weighted by molar-refractivity contribution is -0.122. The molecule has 10 rings (SSSR count). The fourth-order valence-electron chi connectivity index (χ4n) is 9.68. The van der Waals surface area contributed by atoms with Crippen LogP contribution in [0, 0.1) is 24.7 Å². The summed E-state index contributed by atoms with van der Waals surface area (Å²) in [6, 6.07) is 29.0. The molecule has 1 N–H and O–H groups in total. The smallest absolute Gasteiger partial charge is 0.415 e. The molecule has 74 heavy (non-hydrogen) atoms. The number of carbonyl (C=O) groups excluding carboxylic acids is 4. The molecule has 2 fully saturated rings. The number of fused-ring (bicyclic) bond motifs is 4. The summed E-state index contributed by atoms with van der Waals surface area (Å²) in [6.07, 6.45) is 8.27. The summed E-state index contributed by atoms with van der Waals surface area (Å²) in [5.41, 5.74) is 6.85. The van der Waals surface area contributed by atoms with E-state index in [9.17, 15) is 27.6 Å². The van der Waals surface area contributed by atoms with Crippen molar-refractivity contribution in [3.8, 4) is 0 Å². The summed E-state index contributed by atoms with van der Waals surface area (Å²) in [7, 11) is -3.96. The van der Waals surface area contributed by atoms with Crippen molar-refractivity contribution < 1.29 is 41.8 Å². The number of hydrogen-bond acceptors (Lipinski definition) is 13. The van der Waals surface area contributed by atoms with Crippen molar-refractivity contribution in [2.75, 3.05) is 44.2 Å². The van der Waals surface area contributed by atoms with Crippen LogP contribution < -0.4 is 4.90 Å². The second-order valence-corrected chi connectivity index (χ2v) is 20.2. The number of imidazole rings is 1. The molecule has 19 nitrogen and oxygen atoms in total. The Morgan fingerprint density at radius 3 is 2.01 bits per heavy atom. The van der Waals surface area contributed by atoms with Crippen molar-refractivity contribution in [1.82, 2.24) is 43.1 Å². The van der Waals surface area contributed by atoms with Gasteiger partial charge in [-0.05, 0) is 61.1 Å². The van der Waals surface area contributed by atoms with E-state index in [0.717, 1.165) is 54.5 Å². The quantitative estimate of drug-likeness (QED) is 0.101. The molecule has 7 heterocycles. The first-order chi connectivity index (χ1) is 35.9. The number of anilines is 1. The summed E-state index contributed by atoms with van der Waals surface area (Å²) in [5.74, 6) is -0.324. The van der Waals surface area contributed by atoms with Gasteiger partial charge in [-0.3, -0.25) is 14.1 Å². The molecule has 0 radical (unpaired) electrons. The van der Waals surface area contributed by atoms with E-state index >= 15 is 0 Å². The van der Waals surface area contributed by atoms with Gasteiger partial charge in [-0.15, -0.1) is 0 Å². The van der Waals surface area contributed by atoms with Gasteiger partial charge in [0.15, 0.2) is 28.5 Å². The summed E-state index contributed by atoms with van der Waals surface area (Å²) in [4.78, 5) is 77.7. The van der Waals surface area contributed by atoms with Gasteiger partial charge in [0.25, 0.3) is 10.0 Å². The molecule has 2 aliphatic heterocycles. The van der Waals surface area contributed by atoms with Crippen molar-refractivity contribution in [2.24, 2.45) is 17.8 Å². The minimum atomic E-state index is -3.96. The molecule has 20 heteroatoms. The van der Waals surface area contributed by atoms with Crippen molar-refractivity contribution in [1.29, 1.82) is 0 Å². The average Bonchev–Trinajstić information content (AvgIpc) is 4.29. The maximum absolute atomic E-state index is 13.7. The Balaban J connectivity index is 0.000000199. The maximum Gasteiger partial charge on any atom is 0.415 e. The third-order valence-electron chi connectivity index (χ3n) is 13.7. The molecule has 2 saturated heterocycles. The second kappa shape index (κ2) is 22.3. The van der Waals surface area contributed by atoms with E-state index in [1.165, 1.54) is 35.5 Å². The number of ether oxygens (including phenoxy) is 3. The van der Waals surface area contributed by atoms with E-state index in [1.54, 1.807) is 25.3 Å². The molecule has 2 aliphatic rings. The number of aromatic amines is 1. The van der Waals surface area contributed by atoms with Crippen LogP contribution in [0.15, 0.2) is 133 Å². The number of H-pyrrole nitrogens is 1. The lowest BCUT2D eigenvalue weighted by atomic mass is 9.90. The predicted molar refractivity (Wildman–Crippen MR) is 276 cm³/mol. The standard InChI is InChI=1S/C32H35N5O7S.C22H23N5O2/c1-4-24-18-35(31(39)44-21-23-9-7-6-8-10-23)19-26(24)28(38)20-36(32(40)43-5-2)29-17-33-30-27(34-29)15-16-37(30)45(41,42)25-13-11-22(3)12-14-25;1-2-16-12-26(22(28)29-14-15-6-4-3-5-7-15)13-17(16)19-10-24-20-11-25-21-18(27(19)20)8-9-23-21/h6-17,24,26H,4-5,18-21H2,1-3H3;3-11,16-17,23H,2,12-14H2,1H3/t24-,26?;16-,17+/m11/s1. The van der Waals surface area contributed by atoms with Crippen LogP contribution in [0.3, 0.4) is 0 Å². The highest BCUT2D eigenvalue weighted by Crippen LogP contribution is 2.36. The van der Waals surface area contributed by atoms with Crippen LogP contribution in [0.4, 0.5) is 20.2 Å². The third kappa shape index (κ3) is 10.8. The highest BCUT2D eigenvalue weighted by molar-refractivity contribution is 7.90. The number of nitrogens with zero attached hydrogens (tertiary/aromatic N) is 9. The Morgan fingerprint density at radius 1 is 0.716 bits per heavy atom. The number of rotatable bonds is 14. The number of amides is 3. The number of aromatic nitrogens is 7. The molecule has 0 saturated carbocycles. The molecule has 384 valence electrons. The lowest BCUT2D eigenvalue weighted by Gasteiger charge is -2.23. The first-order valence-corrected chi connectivity index (χ1v) is 26.1. The molecule has 4 atom stereocenters. The minimum absolute atomic E-state index is 0.0324. The van der Waals surface area contributed by atoms with Crippen LogP contribution in [0.25, 0.3) is 28.0 Å². The van der Waals surface area contributed by atoms with Crippen LogP contribution in [-0.4, -0.2) is 115 Å². The van der Waals surface area contributed by atoms with Crippen molar-refractivity contribution in [2.45, 2.75) is 64.6 Å². The minimum Gasteiger partial charge on any atom is -0.449 e. The van der Waals surface area contributed by atoms with Gasteiger partial charge in [-0.25, -0.2) is 46.7 Å². The average molecular weight is 1020 g/mol. The number of nitrogens with one attached hydrogen (secondary N) is 1. The lowest BCUT2D eigenvalue weighted by Crippen LogP contribution is -2.41. The largest absolute Gasteiger partial charge is 0.449 e. The van der Waals surface area contributed by atoms with Gasteiger partial charge in [0, 0.05) is 62.3 Å². The molecule has 0 bridgehead atoms. The Labute approximate surface area is 428 Å². The second-order valence-electron chi connectivity index (χ2n) is 18.4. The molecular formula is C54H58N10O9S. The highest BCUT2D eigenvalue weighted by Gasteiger charge is 2.41. The zero-order valence-corrected chi connectivity index (χ0v) is 42.4. The highest BCUT2D eigenvalue weighted by atomic mass is 32.2. The van der Waals surface area contributed by atoms with Gasteiger partial charge in [0.1, 0.15) is 18.7 Å². The third-order valence-corrected chi connectivity index (χ3v) is 15.4. The zero-order chi connectivity index (χ0) is 51.9. The van der Waals surface area contributed by atoms with Crippen LogP contribution in [0.5, 0.6) is 0 Å². The molecule has 3 amide bonds. The molecule has 8 aromatic rings. The van der Waals surface area contributed by atoms with Crippen molar-refractivity contribution in [3.05, 3.63) is 150 Å². The number of aryl methyl sites for hydroxylation is 1. The SMILES string of the molecule is CCOC(=O)N(CC(=O)C1CN(C(=O)OCc2ccccc2)C[C@H]1CC)c1cnc2c(ccn2S(=O)(=O)c2ccc(C)cc2)n1.CC[C@@H]1CN(C(=O)OCc2ccccc2)C[C@@H]1c1cnc2cnc3[nH]ccc3n12. The normalized spacial score (nSPS) is 17.6. The summed E-state index contributed by atoms with van der Waals surface area (Å²) in [6.45, 7) is 9.59. The number of carbonyl (C=O) groups is 4. The zero-order valence-electron chi connectivity index (χ0n) is 41.6. The van der Waals surface area contributed by atoms with Crippen LogP contribution in [0.2, 0.25) is 0 Å². The van der Waals surface area contributed by atoms with Crippen LogP contribution in [-0.2, 0) is 42.2 Å². The number of Topliss-reactive ketones (excluding diaryl/α,β-unsaturated/α-hetero) is 1. The van der Waals surface area contributed by atoms with Gasteiger partial charge in [-0.1, -0.05) is 105 Å². The predicted octanol–water partition coefficient (Wildman–Crippen LogP) is 8.78. The van der Waals surface area contributed by atoms with E-state index in [0.29, 0.717) is 38.6 Å². The Morgan fingerprint density at radius 2 is 1.36 bits per heavy atom. The molecule has 0 spiro atoms.